The summed E-state index contributed by atoms with van der Waals surface area (Å²) in [5, 5.41) is 13.2. The summed E-state index contributed by atoms with van der Waals surface area (Å²) in [7, 11) is 0. The molecule has 8 heteroatoms. The Balaban J connectivity index is 1.45. The molecule has 0 unspecified atom stereocenters. The molecule has 0 radical (unpaired) electrons. The number of benzene rings is 3. The lowest BCUT2D eigenvalue weighted by atomic mass is 10.1. The molecule has 4 rings (SSSR count). The average Bonchev–Trinajstić information content (AvgIpc) is 3.31. The van der Waals surface area contributed by atoms with Crippen molar-refractivity contribution >= 4 is 11.9 Å². The topological polar surface area (TPSA) is 88.0 Å². The molecule has 0 aliphatic carbocycles. The normalized spacial score (nSPS) is 10.8. The number of amides is 3. The highest BCUT2D eigenvalue weighted by atomic mass is 19.1. The van der Waals surface area contributed by atoms with Crippen LogP contribution < -0.4 is 16.0 Å². The summed E-state index contributed by atoms with van der Waals surface area (Å²) in [5.74, 6) is -0.556. The molecule has 4 aromatic rings. The summed E-state index contributed by atoms with van der Waals surface area (Å²) >= 11 is 0. The van der Waals surface area contributed by atoms with E-state index in [0.717, 1.165) is 22.4 Å². The fourth-order valence-electron chi connectivity index (χ4n) is 3.65. The predicted octanol–water partition coefficient (Wildman–Crippen LogP) is 4.82. The van der Waals surface area contributed by atoms with Crippen molar-refractivity contribution in [1.82, 2.24) is 25.7 Å². The maximum atomic E-state index is 13.5. The van der Waals surface area contributed by atoms with Crippen molar-refractivity contribution in [3.05, 3.63) is 108 Å². The van der Waals surface area contributed by atoms with E-state index >= 15 is 0 Å². The van der Waals surface area contributed by atoms with Crippen molar-refractivity contribution in [3.8, 4) is 16.9 Å². The highest BCUT2D eigenvalue weighted by Crippen LogP contribution is 2.24. The van der Waals surface area contributed by atoms with E-state index in [1.165, 1.54) is 12.1 Å². The molecule has 184 valence electrons. The van der Waals surface area contributed by atoms with Gasteiger partial charge in [-0.15, -0.1) is 0 Å². The molecule has 0 saturated carbocycles. The largest absolute Gasteiger partial charge is 0.348 e. The van der Waals surface area contributed by atoms with Gasteiger partial charge in [-0.1, -0.05) is 30.3 Å². The Kier molecular flexibility index (Phi) is 7.75. The summed E-state index contributed by atoms with van der Waals surface area (Å²) in [6, 6.07) is 22.7. The molecule has 1 aromatic heterocycles. The van der Waals surface area contributed by atoms with E-state index in [2.05, 4.69) is 16.0 Å². The molecule has 0 spiro atoms. The van der Waals surface area contributed by atoms with Crippen molar-refractivity contribution < 1.29 is 14.0 Å². The number of carbonyl (C=O) groups excluding carboxylic acids is 2. The molecule has 3 amide bonds. The fourth-order valence-corrected chi connectivity index (χ4v) is 3.65. The van der Waals surface area contributed by atoms with Crippen LogP contribution in [0.4, 0.5) is 9.18 Å². The van der Waals surface area contributed by atoms with Crippen molar-refractivity contribution in [2.45, 2.75) is 33.0 Å². The standard InChI is InChI=1S/C28H28FN5O2/c1-19(2)32-28(36)31-16-20-8-10-22(11-9-20)27(35)30-17-23-18-34(25-6-4-3-5-7-25)33-26(23)21-12-14-24(29)15-13-21/h3-15,18-19H,16-17H2,1-2H3,(H,30,35)(H2,31,32,36). The molecular formula is C28H28FN5O2. The van der Waals surface area contributed by atoms with Gasteiger partial charge in [0.2, 0.25) is 0 Å². The SMILES string of the molecule is CC(C)NC(=O)NCc1ccc(C(=O)NCc2cn(-c3ccccc3)nc2-c2ccc(F)cc2)cc1. The third-order valence-corrected chi connectivity index (χ3v) is 5.46. The lowest BCUT2D eigenvalue weighted by Crippen LogP contribution is -2.39. The van der Waals surface area contributed by atoms with Crippen LogP contribution in [0.15, 0.2) is 85.1 Å². The number of urea groups is 1. The first kappa shape index (κ1) is 24.7. The second kappa shape index (κ2) is 11.3. The van der Waals surface area contributed by atoms with Gasteiger partial charge in [0, 0.05) is 42.0 Å². The van der Waals surface area contributed by atoms with Crippen molar-refractivity contribution in [2.24, 2.45) is 0 Å². The van der Waals surface area contributed by atoms with E-state index in [0.29, 0.717) is 17.8 Å². The minimum atomic E-state index is -0.324. The Morgan fingerprint density at radius 3 is 2.25 bits per heavy atom. The fraction of sp³-hybridized carbons (Fsp3) is 0.179. The van der Waals surface area contributed by atoms with Gasteiger partial charge in [-0.2, -0.15) is 5.10 Å². The molecular weight excluding hydrogens is 457 g/mol. The van der Waals surface area contributed by atoms with Gasteiger partial charge in [-0.25, -0.2) is 13.9 Å². The van der Waals surface area contributed by atoms with Gasteiger partial charge in [-0.3, -0.25) is 4.79 Å². The van der Waals surface area contributed by atoms with Crippen LogP contribution in [-0.2, 0) is 13.1 Å². The van der Waals surface area contributed by atoms with Gasteiger partial charge in [0.05, 0.1) is 11.4 Å². The summed E-state index contributed by atoms with van der Waals surface area (Å²) in [4.78, 5) is 24.6. The molecule has 36 heavy (non-hydrogen) atoms. The van der Waals surface area contributed by atoms with E-state index in [9.17, 15) is 14.0 Å². The minimum absolute atomic E-state index is 0.0550. The van der Waals surface area contributed by atoms with Crippen molar-refractivity contribution in [3.63, 3.8) is 0 Å². The van der Waals surface area contributed by atoms with E-state index in [4.69, 9.17) is 5.10 Å². The average molecular weight is 486 g/mol. The Labute approximate surface area is 209 Å². The zero-order chi connectivity index (χ0) is 25.5. The zero-order valence-corrected chi connectivity index (χ0v) is 20.2. The molecule has 3 N–H and O–H groups in total. The summed E-state index contributed by atoms with van der Waals surface area (Å²) in [5.41, 5.74) is 4.49. The molecule has 0 atom stereocenters. The number of hydrogen-bond acceptors (Lipinski definition) is 3. The summed E-state index contributed by atoms with van der Waals surface area (Å²) in [6.45, 7) is 4.39. The van der Waals surface area contributed by atoms with Crippen LogP contribution in [0.5, 0.6) is 0 Å². The molecule has 0 fully saturated rings. The molecule has 1 heterocycles. The third-order valence-electron chi connectivity index (χ3n) is 5.46. The van der Waals surface area contributed by atoms with E-state index in [-0.39, 0.29) is 30.3 Å². The van der Waals surface area contributed by atoms with Gasteiger partial charge in [0.15, 0.2) is 0 Å². The van der Waals surface area contributed by atoms with Crippen LogP contribution in [0, 0.1) is 5.82 Å². The van der Waals surface area contributed by atoms with E-state index in [1.54, 1.807) is 28.9 Å². The molecule has 0 saturated heterocycles. The third kappa shape index (κ3) is 6.35. The van der Waals surface area contributed by atoms with Crippen LogP contribution in [0.3, 0.4) is 0 Å². The minimum Gasteiger partial charge on any atom is -0.348 e. The number of halogens is 1. The van der Waals surface area contributed by atoms with Crippen molar-refractivity contribution in [1.29, 1.82) is 0 Å². The van der Waals surface area contributed by atoms with Gasteiger partial charge < -0.3 is 16.0 Å². The first-order valence-corrected chi connectivity index (χ1v) is 11.7. The second-order valence-corrected chi connectivity index (χ2v) is 8.65. The zero-order valence-electron chi connectivity index (χ0n) is 20.2. The number of nitrogens with one attached hydrogen (secondary N) is 3. The van der Waals surface area contributed by atoms with Crippen molar-refractivity contribution in [2.75, 3.05) is 0 Å². The molecule has 0 aliphatic rings. The lowest BCUT2D eigenvalue weighted by molar-refractivity contribution is 0.0951. The monoisotopic (exact) mass is 485 g/mol. The molecule has 0 bridgehead atoms. The highest BCUT2D eigenvalue weighted by Gasteiger charge is 2.14. The quantitative estimate of drug-likeness (QED) is 0.335. The second-order valence-electron chi connectivity index (χ2n) is 8.65. The first-order chi connectivity index (χ1) is 17.4. The number of para-hydroxylation sites is 1. The van der Waals surface area contributed by atoms with Gasteiger partial charge in [0.25, 0.3) is 5.91 Å². The molecule has 3 aromatic carbocycles. The van der Waals surface area contributed by atoms with Crippen LogP contribution in [0.1, 0.15) is 35.3 Å². The van der Waals surface area contributed by atoms with Gasteiger partial charge in [-0.05, 0) is 67.9 Å². The Bertz CT molecular complexity index is 1320. The Morgan fingerprint density at radius 2 is 1.58 bits per heavy atom. The van der Waals surface area contributed by atoms with Crippen LogP contribution in [0.2, 0.25) is 0 Å². The summed E-state index contributed by atoms with van der Waals surface area (Å²) in [6.07, 6.45) is 1.87. The van der Waals surface area contributed by atoms with E-state index in [1.807, 2.05) is 62.5 Å². The maximum absolute atomic E-state index is 13.5. The highest BCUT2D eigenvalue weighted by molar-refractivity contribution is 5.94. The number of nitrogens with zero attached hydrogens (tertiary/aromatic N) is 2. The van der Waals surface area contributed by atoms with Crippen LogP contribution >= 0.6 is 0 Å². The molecule has 7 nitrogen and oxygen atoms in total. The maximum Gasteiger partial charge on any atom is 0.315 e. The van der Waals surface area contributed by atoms with Gasteiger partial charge >= 0.3 is 6.03 Å². The molecule has 0 aliphatic heterocycles. The smallest absolute Gasteiger partial charge is 0.315 e. The lowest BCUT2D eigenvalue weighted by Gasteiger charge is -2.10. The van der Waals surface area contributed by atoms with Crippen LogP contribution in [-0.4, -0.2) is 27.8 Å². The van der Waals surface area contributed by atoms with Gasteiger partial charge in [0.1, 0.15) is 5.82 Å². The van der Waals surface area contributed by atoms with E-state index < -0.39 is 0 Å². The summed E-state index contributed by atoms with van der Waals surface area (Å²) < 4.78 is 15.2. The van der Waals surface area contributed by atoms with Crippen LogP contribution in [0.25, 0.3) is 16.9 Å². The number of carbonyl (C=O) groups is 2. The number of rotatable bonds is 8. The number of hydrogen-bond donors (Lipinski definition) is 3. The Hall–Kier alpha value is -4.46. The Morgan fingerprint density at radius 1 is 0.889 bits per heavy atom. The first-order valence-electron chi connectivity index (χ1n) is 11.7. The number of aromatic nitrogens is 2. The predicted molar refractivity (Wildman–Crippen MR) is 137 cm³/mol.